The van der Waals surface area contributed by atoms with Crippen LogP contribution in [0.3, 0.4) is 0 Å². The molecule has 0 unspecified atom stereocenters. The van der Waals surface area contributed by atoms with Crippen molar-refractivity contribution in [1.82, 2.24) is 14.9 Å². The van der Waals surface area contributed by atoms with Gasteiger partial charge in [0, 0.05) is 41.8 Å². The van der Waals surface area contributed by atoms with Gasteiger partial charge in [0.05, 0.1) is 0 Å². The summed E-state index contributed by atoms with van der Waals surface area (Å²) in [6, 6.07) is 0. The van der Waals surface area contributed by atoms with Crippen molar-refractivity contribution in [3.8, 4) is 0 Å². The first kappa shape index (κ1) is 11.2. The van der Waals surface area contributed by atoms with E-state index in [1.54, 1.807) is 7.05 Å². The van der Waals surface area contributed by atoms with Crippen LogP contribution in [0.25, 0.3) is 0 Å². The number of rotatable bonds is 2. The van der Waals surface area contributed by atoms with Crippen LogP contribution in [0, 0.1) is 0 Å². The smallest absolute Gasteiger partial charge is 0.210 e. The van der Waals surface area contributed by atoms with E-state index in [2.05, 4.69) is 16.9 Å². The first-order valence-electron chi connectivity index (χ1n) is 4.13. The molecule has 0 spiro atoms. The molecule has 0 radical (unpaired) electrons. The van der Waals surface area contributed by atoms with Crippen LogP contribution in [-0.4, -0.2) is 62.7 Å². The topological polar surface area (TPSA) is 22.1 Å². The molecule has 0 amide bonds. The molecule has 0 aliphatic heterocycles. The zero-order valence-corrected chi connectivity index (χ0v) is 9.00. The highest BCUT2D eigenvalue weighted by Crippen LogP contribution is 1.95. The number of hydrazine groups is 1. The van der Waals surface area contributed by atoms with Gasteiger partial charge in [-0.15, -0.1) is 0 Å². The molecular formula is C8H20N4. The van der Waals surface area contributed by atoms with Crippen molar-refractivity contribution in [3.05, 3.63) is 0 Å². The van der Waals surface area contributed by atoms with Gasteiger partial charge in [-0.25, -0.2) is 5.01 Å². The van der Waals surface area contributed by atoms with E-state index < -0.39 is 0 Å². The summed E-state index contributed by atoms with van der Waals surface area (Å²) in [7, 11) is 9.82. The normalized spacial score (nSPS) is 12.1. The number of aliphatic imine (C=N–C) groups is 1. The minimum absolute atomic E-state index is 0.958. The summed E-state index contributed by atoms with van der Waals surface area (Å²) in [4.78, 5) is 6.18. The molecule has 0 aromatic carbocycles. The van der Waals surface area contributed by atoms with E-state index in [0.717, 1.165) is 12.5 Å². The molecule has 4 heteroatoms. The van der Waals surface area contributed by atoms with Crippen LogP contribution in [0.1, 0.15) is 6.92 Å². The van der Waals surface area contributed by atoms with Gasteiger partial charge in [0.15, 0.2) is 0 Å². The minimum atomic E-state index is 0.958. The maximum absolute atomic E-state index is 4.18. The standard InChI is InChI=1S/C8H20N4/c1-7-11(5)12(6)8(9-2)10(3)4/h7H2,1-6H3. The molecule has 0 heterocycles. The molecule has 0 atom stereocenters. The van der Waals surface area contributed by atoms with E-state index in [1.165, 1.54) is 0 Å². The van der Waals surface area contributed by atoms with Crippen LogP contribution in [0.2, 0.25) is 0 Å². The van der Waals surface area contributed by atoms with Gasteiger partial charge in [0.25, 0.3) is 0 Å². The fourth-order valence-electron chi connectivity index (χ4n) is 0.999. The summed E-state index contributed by atoms with van der Waals surface area (Å²) in [5.74, 6) is 0.958. The second-order valence-corrected chi connectivity index (χ2v) is 2.92. The number of nitrogens with zero attached hydrogens (tertiary/aromatic N) is 4. The van der Waals surface area contributed by atoms with Gasteiger partial charge in [-0.05, 0) is 0 Å². The van der Waals surface area contributed by atoms with Crippen molar-refractivity contribution in [2.75, 3.05) is 41.8 Å². The zero-order chi connectivity index (χ0) is 9.72. The largest absolute Gasteiger partial charge is 0.348 e. The molecule has 0 aromatic rings. The lowest BCUT2D eigenvalue weighted by Gasteiger charge is -2.32. The Balaban J connectivity index is 4.33. The van der Waals surface area contributed by atoms with E-state index in [4.69, 9.17) is 0 Å². The third kappa shape index (κ3) is 2.70. The fraction of sp³-hybridized carbons (Fsp3) is 0.875. The summed E-state index contributed by atoms with van der Waals surface area (Å²) in [5, 5.41) is 4.13. The molecule has 0 saturated carbocycles. The second kappa shape index (κ2) is 4.98. The first-order chi connectivity index (χ1) is 5.54. The maximum atomic E-state index is 4.18. The maximum Gasteiger partial charge on any atom is 0.210 e. The Morgan fingerprint density at radius 2 is 1.67 bits per heavy atom. The Labute approximate surface area is 75.4 Å². The van der Waals surface area contributed by atoms with Gasteiger partial charge >= 0.3 is 0 Å². The summed E-state index contributed by atoms with van der Waals surface area (Å²) >= 11 is 0. The Kier molecular flexibility index (Phi) is 4.66. The van der Waals surface area contributed by atoms with Crippen LogP contribution in [0.4, 0.5) is 0 Å². The van der Waals surface area contributed by atoms with Crippen LogP contribution in [-0.2, 0) is 0 Å². The van der Waals surface area contributed by atoms with Gasteiger partial charge in [-0.1, -0.05) is 6.92 Å². The van der Waals surface area contributed by atoms with E-state index in [0.29, 0.717) is 0 Å². The molecule has 0 N–H and O–H groups in total. The van der Waals surface area contributed by atoms with Gasteiger partial charge in [-0.3, -0.25) is 10.0 Å². The minimum Gasteiger partial charge on any atom is -0.348 e. The van der Waals surface area contributed by atoms with E-state index in [-0.39, 0.29) is 0 Å². The Morgan fingerprint density at radius 1 is 1.17 bits per heavy atom. The highest BCUT2D eigenvalue weighted by molar-refractivity contribution is 5.78. The Hall–Kier alpha value is -0.770. The summed E-state index contributed by atoms with van der Waals surface area (Å²) < 4.78 is 0. The Morgan fingerprint density at radius 3 is 1.92 bits per heavy atom. The van der Waals surface area contributed by atoms with Crippen molar-refractivity contribution in [1.29, 1.82) is 0 Å². The molecule has 12 heavy (non-hydrogen) atoms. The number of hydrogen-bond donors (Lipinski definition) is 0. The summed E-state index contributed by atoms with van der Waals surface area (Å²) in [6.45, 7) is 3.09. The van der Waals surface area contributed by atoms with Crippen LogP contribution >= 0.6 is 0 Å². The van der Waals surface area contributed by atoms with Crippen molar-refractivity contribution in [2.45, 2.75) is 6.92 Å². The predicted molar refractivity (Wildman–Crippen MR) is 53.1 cm³/mol. The third-order valence-corrected chi connectivity index (χ3v) is 1.86. The van der Waals surface area contributed by atoms with Gasteiger partial charge in [0.2, 0.25) is 5.96 Å². The molecule has 0 bridgehead atoms. The fourth-order valence-corrected chi connectivity index (χ4v) is 0.999. The second-order valence-electron chi connectivity index (χ2n) is 2.92. The van der Waals surface area contributed by atoms with Crippen molar-refractivity contribution < 1.29 is 0 Å². The highest BCUT2D eigenvalue weighted by Gasteiger charge is 2.10. The molecule has 0 aliphatic carbocycles. The average molecular weight is 172 g/mol. The Bertz CT molecular complexity index is 153. The average Bonchev–Trinajstić information content (AvgIpc) is 2.03. The van der Waals surface area contributed by atoms with Crippen LogP contribution in [0.15, 0.2) is 4.99 Å². The van der Waals surface area contributed by atoms with E-state index >= 15 is 0 Å². The quantitative estimate of drug-likeness (QED) is 0.340. The monoisotopic (exact) mass is 172 g/mol. The van der Waals surface area contributed by atoms with Crippen molar-refractivity contribution in [2.24, 2.45) is 4.99 Å². The van der Waals surface area contributed by atoms with Crippen LogP contribution in [0.5, 0.6) is 0 Å². The van der Waals surface area contributed by atoms with E-state index in [1.807, 2.05) is 38.1 Å². The number of hydrogen-bond acceptors (Lipinski definition) is 2. The molecule has 72 valence electrons. The molecule has 0 saturated heterocycles. The lowest BCUT2D eigenvalue weighted by atomic mass is 10.7. The lowest BCUT2D eigenvalue weighted by molar-refractivity contribution is 0.0990. The van der Waals surface area contributed by atoms with Gasteiger partial charge in [0.1, 0.15) is 0 Å². The number of guanidine groups is 1. The van der Waals surface area contributed by atoms with Crippen molar-refractivity contribution in [3.63, 3.8) is 0 Å². The van der Waals surface area contributed by atoms with Crippen molar-refractivity contribution >= 4 is 5.96 Å². The van der Waals surface area contributed by atoms with Crippen LogP contribution < -0.4 is 0 Å². The molecular weight excluding hydrogens is 152 g/mol. The first-order valence-corrected chi connectivity index (χ1v) is 4.13. The molecule has 4 nitrogen and oxygen atoms in total. The summed E-state index contributed by atoms with van der Waals surface area (Å²) in [5.41, 5.74) is 0. The zero-order valence-electron chi connectivity index (χ0n) is 9.00. The lowest BCUT2D eigenvalue weighted by Crippen LogP contribution is -2.47. The summed E-state index contributed by atoms with van der Waals surface area (Å²) in [6.07, 6.45) is 0. The molecule has 0 fully saturated rings. The van der Waals surface area contributed by atoms with E-state index in [9.17, 15) is 0 Å². The third-order valence-electron chi connectivity index (χ3n) is 1.86. The van der Waals surface area contributed by atoms with Gasteiger partial charge < -0.3 is 4.90 Å². The molecule has 0 aliphatic rings. The molecule has 0 rings (SSSR count). The molecule has 0 aromatic heterocycles. The predicted octanol–water partition coefficient (Wildman–Crippen LogP) is 0.332. The van der Waals surface area contributed by atoms with Gasteiger partial charge in [-0.2, -0.15) is 0 Å². The highest BCUT2D eigenvalue weighted by atomic mass is 15.6. The SMILES string of the molecule is CCN(C)N(C)C(=NC)N(C)C.